The molecule has 1 aromatic heterocycles. The van der Waals surface area contributed by atoms with Crippen molar-refractivity contribution in [1.82, 2.24) is 4.90 Å². The molecule has 1 aliphatic rings. The average molecular weight is 518 g/mol. The first-order valence-electron chi connectivity index (χ1n) is 13.1. The summed E-state index contributed by atoms with van der Waals surface area (Å²) in [5.74, 6) is 3.62. The highest BCUT2D eigenvalue weighted by Gasteiger charge is 2.18. The predicted molar refractivity (Wildman–Crippen MR) is 152 cm³/mol. The van der Waals surface area contributed by atoms with E-state index in [1.165, 1.54) is 42.4 Å². The van der Waals surface area contributed by atoms with E-state index >= 15 is 0 Å². The third kappa shape index (κ3) is 6.38. The minimum Gasteiger partial charge on any atom is -0.493 e. The van der Waals surface area contributed by atoms with Crippen molar-refractivity contribution in [1.29, 1.82) is 0 Å². The maximum Gasteiger partial charge on any atom is 0.170 e. The molecule has 1 saturated heterocycles. The van der Waals surface area contributed by atoms with Crippen molar-refractivity contribution in [3.05, 3.63) is 66.7 Å². The second kappa shape index (κ2) is 11.9. The van der Waals surface area contributed by atoms with Crippen molar-refractivity contribution in [3.8, 4) is 39.2 Å². The number of nitrogens with zero attached hydrogens (tertiary/aromatic N) is 1. The first-order valence-corrected chi connectivity index (χ1v) is 13.9. The second-order valence-electron chi connectivity index (χ2n) is 9.64. The summed E-state index contributed by atoms with van der Waals surface area (Å²) in [7, 11) is 1.65. The van der Waals surface area contributed by atoms with Gasteiger partial charge in [0.25, 0.3) is 0 Å². The normalized spacial score (nSPS) is 14.2. The molecule has 1 aliphatic heterocycles. The van der Waals surface area contributed by atoms with Gasteiger partial charge in [-0.25, -0.2) is 0 Å². The molecule has 0 unspecified atom stereocenters. The third-order valence-electron chi connectivity index (χ3n) is 6.50. The summed E-state index contributed by atoms with van der Waals surface area (Å²) in [6, 6.07) is 22.3. The Kier molecular flexibility index (Phi) is 8.17. The predicted octanol–water partition coefficient (Wildman–Crippen LogP) is 8.02. The molecule has 1 fully saturated rings. The third-order valence-corrected chi connectivity index (χ3v) is 7.65. The fourth-order valence-corrected chi connectivity index (χ4v) is 5.73. The molecule has 5 rings (SSSR count). The molecule has 0 spiro atoms. The highest BCUT2D eigenvalue weighted by molar-refractivity contribution is 7.22. The van der Waals surface area contributed by atoms with Crippen LogP contribution in [0.15, 0.2) is 66.7 Å². The molecule has 0 amide bonds. The molecule has 2 heterocycles. The van der Waals surface area contributed by atoms with Crippen LogP contribution in [0.5, 0.6) is 28.7 Å². The van der Waals surface area contributed by atoms with Gasteiger partial charge in [-0.15, -0.1) is 11.3 Å². The zero-order valence-electron chi connectivity index (χ0n) is 21.9. The molecule has 4 aromatic rings. The van der Waals surface area contributed by atoms with Gasteiger partial charge in [0.15, 0.2) is 11.5 Å². The minimum atomic E-state index is 0.0343. The van der Waals surface area contributed by atoms with E-state index in [9.17, 15) is 0 Å². The molecule has 3 aromatic carbocycles. The van der Waals surface area contributed by atoms with Crippen LogP contribution < -0.4 is 18.9 Å². The van der Waals surface area contributed by atoms with Gasteiger partial charge in [-0.1, -0.05) is 24.6 Å². The van der Waals surface area contributed by atoms with E-state index in [-0.39, 0.29) is 6.10 Å². The van der Waals surface area contributed by atoms with Gasteiger partial charge in [0.1, 0.15) is 23.9 Å². The first-order chi connectivity index (χ1) is 18.1. The molecule has 6 heteroatoms. The van der Waals surface area contributed by atoms with Gasteiger partial charge in [0.2, 0.25) is 0 Å². The van der Waals surface area contributed by atoms with Gasteiger partial charge in [-0.2, -0.15) is 0 Å². The summed E-state index contributed by atoms with van der Waals surface area (Å²) in [5, 5.41) is 1.21. The van der Waals surface area contributed by atoms with Gasteiger partial charge in [0, 0.05) is 27.8 Å². The molecular weight excluding hydrogens is 482 g/mol. The zero-order valence-corrected chi connectivity index (χ0v) is 22.7. The average Bonchev–Trinajstić information content (AvgIpc) is 3.35. The summed E-state index contributed by atoms with van der Waals surface area (Å²) in [6.45, 7) is 8.10. The molecule has 0 atom stereocenters. The lowest BCUT2D eigenvalue weighted by Crippen LogP contribution is -2.33. The second-order valence-corrected chi connectivity index (χ2v) is 10.7. The highest BCUT2D eigenvalue weighted by atomic mass is 32.1. The number of methoxy groups -OCH3 is 1. The van der Waals surface area contributed by atoms with Crippen molar-refractivity contribution in [2.75, 3.05) is 33.4 Å². The topological polar surface area (TPSA) is 40.2 Å². The number of fused-ring (bicyclic) bond motifs is 1. The Labute approximate surface area is 223 Å². The minimum absolute atomic E-state index is 0.0343. The number of hydrogen-bond donors (Lipinski definition) is 0. The van der Waals surface area contributed by atoms with E-state index in [1.54, 1.807) is 18.4 Å². The van der Waals surface area contributed by atoms with Crippen LogP contribution in [-0.4, -0.2) is 44.4 Å². The number of likely N-dealkylation sites (tertiary alicyclic amines) is 1. The molecule has 0 bridgehead atoms. The Morgan fingerprint density at radius 1 is 0.838 bits per heavy atom. The Morgan fingerprint density at radius 3 is 2.32 bits per heavy atom. The maximum absolute atomic E-state index is 6.31. The quantitative estimate of drug-likeness (QED) is 0.213. The number of hydrogen-bond acceptors (Lipinski definition) is 6. The number of rotatable bonds is 10. The SMILES string of the molecule is COc1cc(OC(C)C)c(-c2cc3ccccc3s2)cc1Oc1ccc(OCCN2CCCCC2)cc1. The molecule has 0 radical (unpaired) electrons. The van der Waals surface area contributed by atoms with Crippen LogP contribution in [0.1, 0.15) is 33.1 Å². The molecule has 37 heavy (non-hydrogen) atoms. The molecule has 5 nitrogen and oxygen atoms in total. The summed E-state index contributed by atoms with van der Waals surface area (Å²) in [4.78, 5) is 3.61. The van der Waals surface area contributed by atoms with Crippen LogP contribution in [0.3, 0.4) is 0 Å². The van der Waals surface area contributed by atoms with E-state index in [2.05, 4.69) is 35.2 Å². The van der Waals surface area contributed by atoms with Crippen molar-refractivity contribution in [3.63, 3.8) is 0 Å². The molecule has 0 N–H and O–H groups in total. The molecule has 194 valence electrons. The van der Waals surface area contributed by atoms with Gasteiger partial charge in [-0.3, -0.25) is 4.90 Å². The zero-order chi connectivity index (χ0) is 25.6. The number of ether oxygens (including phenoxy) is 4. The van der Waals surface area contributed by atoms with Crippen molar-refractivity contribution in [2.45, 2.75) is 39.2 Å². The summed E-state index contributed by atoms with van der Waals surface area (Å²) < 4.78 is 25.4. The molecule has 0 aliphatic carbocycles. The van der Waals surface area contributed by atoms with Crippen LogP contribution >= 0.6 is 11.3 Å². The molecular formula is C31H35NO4S. The van der Waals surface area contributed by atoms with Gasteiger partial charge in [0.05, 0.1) is 13.2 Å². The van der Waals surface area contributed by atoms with Gasteiger partial charge >= 0.3 is 0 Å². The lowest BCUT2D eigenvalue weighted by Gasteiger charge is -2.26. The van der Waals surface area contributed by atoms with Crippen LogP contribution in [0, 0.1) is 0 Å². The first kappa shape index (κ1) is 25.4. The van der Waals surface area contributed by atoms with E-state index in [1.807, 2.05) is 50.2 Å². The van der Waals surface area contributed by atoms with E-state index < -0.39 is 0 Å². The number of piperidine rings is 1. The summed E-state index contributed by atoms with van der Waals surface area (Å²) >= 11 is 1.74. The maximum atomic E-state index is 6.31. The Hall–Kier alpha value is -3.22. The monoisotopic (exact) mass is 517 g/mol. The van der Waals surface area contributed by atoms with Crippen molar-refractivity contribution >= 4 is 21.4 Å². The van der Waals surface area contributed by atoms with Crippen LogP contribution in [0.25, 0.3) is 20.5 Å². The lowest BCUT2D eigenvalue weighted by atomic mass is 10.1. The van der Waals surface area contributed by atoms with E-state index in [4.69, 9.17) is 18.9 Å². The van der Waals surface area contributed by atoms with Crippen LogP contribution in [-0.2, 0) is 0 Å². The fraction of sp³-hybridized carbons (Fsp3) is 0.355. The lowest BCUT2D eigenvalue weighted by molar-refractivity contribution is 0.183. The molecule has 0 saturated carbocycles. The van der Waals surface area contributed by atoms with Crippen LogP contribution in [0.2, 0.25) is 0 Å². The van der Waals surface area contributed by atoms with Crippen molar-refractivity contribution < 1.29 is 18.9 Å². The van der Waals surface area contributed by atoms with E-state index in [0.717, 1.165) is 34.2 Å². The fourth-order valence-electron chi connectivity index (χ4n) is 4.65. The summed E-state index contributed by atoms with van der Waals surface area (Å²) in [5.41, 5.74) is 0.989. The smallest absolute Gasteiger partial charge is 0.170 e. The Morgan fingerprint density at radius 2 is 1.59 bits per heavy atom. The van der Waals surface area contributed by atoms with Crippen LogP contribution in [0.4, 0.5) is 0 Å². The highest BCUT2D eigenvalue weighted by Crippen LogP contribution is 2.45. The van der Waals surface area contributed by atoms with Gasteiger partial charge < -0.3 is 18.9 Å². The van der Waals surface area contributed by atoms with Crippen molar-refractivity contribution in [2.24, 2.45) is 0 Å². The Balaban J connectivity index is 1.35. The number of thiophene rings is 1. The number of benzene rings is 3. The standard InChI is InChI=1S/C31H35NO4S/c1-22(2)35-27-21-28(33-3)29(20-26(27)31-19-23-9-5-6-10-30(23)37-31)36-25-13-11-24(12-14-25)34-18-17-32-15-7-4-8-16-32/h5-6,9-14,19-22H,4,7-8,15-18H2,1-3H3. The Bertz CT molecular complexity index is 1280. The van der Waals surface area contributed by atoms with E-state index in [0.29, 0.717) is 18.1 Å². The summed E-state index contributed by atoms with van der Waals surface area (Å²) in [6.07, 6.45) is 3.98. The van der Waals surface area contributed by atoms with Gasteiger partial charge in [-0.05, 0) is 87.6 Å². The largest absolute Gasteiger partial charge is 0.493 e.